The molecule has 0 spiro atoms. The van der Waals surface area contributed by atoms with E-state index in [9.17, 15) is 0 Å². The van der Waals surface area contributed by atoms with Crippen molar-refractivity contribution in [2.24, 2.45) is 0 Å². The molecule has 0 unspecified atom stereocenters. The van der Waals surface area contributed by atoms with Crippen LogP contribution in [0.3, 0.4) is 0 Å². The van der Waals surface area contributed by atoms with Crippen molar-refractivity contribution in [1.29, 1.82) is 0 Å². The number of methoxy groups -OCH3 is 1. The fourth-order valence-electron chi connectivity index (χ4n) is 3.25. The van der Waals surface area contributed by atoms with Crippen LogP contribution in [0, 0.1) is 13.8 Å². The van der Waals surface area contributed by atoms with Crippen LogP contribution in [-0.4, -0.2) is 12.2 Å². The van der Waals surface area contributed by atoms with Gasteiger partial charge in [0, 0.05) is 5.69 Å². The van der Waals surface area contributed by atoms with Crippen molar-refractivity contribution in [3.8, 4) is 5.75 Å². The first-order chi connectivity index (χ1) is 11.6. The summed E-state index contributed by atoms with van der Waals surface area (Å²) >= 11 is 5.55. The molecule has 3 rings (SSSR count). The highest BCUT2D eigenvalue weighted by atomic mass is 32.1. The lowest BCUT2D eigenvalue weighted by molar-refractivity contribution is 0.412. The fraction of sp³-hybridized carbons (Fsp3) is 0.350. The number of fused-ring (bicyclic) bond motifs is 1. The van der Waals surface area contributed by atoms with Gasteiger partial charge in [-0.3, -0.25) is 0 Å². The molecule has 1 atom stereocenters. The van der Waals surface area contributed by atoms with Crippen molar-refractivity contribution >= 4 is 23.0 Å². The van der Waals surface area contributed by atoms with E-state index >= 15 is 0 Å². The van der Waals surface area contributed by atoms with Gasteiger partial charge < -0.3 is 15.4 Å². The van der Waals surface area contributed by atoms with Gasteiger partial charge in [0.1, 0.15) is 5.75 Å². The molecule has 0 radical (unpaired) electrons. The number of benzene rings is 2. The summed E-state index contributed by atoms with van der Waals surface area (Å²) in [5, 5.41) is 7.51. The Balaban J connectivity index is 1.73. The van der Waals surface area contributed by atoms with Crippen LogP contribution < -0.4 is 15.4 Å². The first-order valence-electron chi connectivity index (χ1n) is 8.38. The van der Waals surface area contributed by atoms with Gasteiger partial charge in [-0.25, -0.2) is 0 Å². The number of anilines is 1. The lowest BCUT2D eigenvalue weighted by Crippen LogP contribution is -2.34. The number of rotatable bonds is 3. The van der Waals surface area contributed by atoms with Gasteiger partial charge >= 0.3 is 0 Å². The van der Waals surface area contributed by atoms with Crippen molar-refractivity contribution in [3.63, 3.8) is 0 Å². The highest BCUT2D eigenvalue weighted by Gasteiger charge is 2.21. The van der Waals surface area contributed by atoms with E-state index in [2.05, 4.69) is 54.8 Å². The minimum atomic E-state index is 0.254. The second-order valence-electron chi connectivity index (χ2n) is 6.43. The number of nitrogens with one attached hydrogen (secondary N) is 2. The predicted octanol–water partition coefficient (Wildman–Crippen LogP) is 4.68. The average Bonchev–Trinajstić information content (AvgIpc) is 2.58. The Hall–Kier alpha value is -2.07. The van der Waals surface area contributed by atoms with Crippen LogP contribution in [0.25, 0.3) is 0 Å². The minimum Gasteiger partial charge on any atom is -0.497 e. The van der Waals surface area contributed by atoms with Crippen molar-refractivity contribution in [1.82, 2.24) is 5.32 Å². The first kappa shape index (κ1) is 16.8. The number of hydrogen-bond donors (Lipinski definition) is 2. The minimum absolute atomic E-state index is 0.254. The van der Waals surface area contributed by atoms with Gasteiger partial charge in [0.25, 0.3) is 0 Å². The van der Waals surface area contributed by atoms with E-state index < -0.39 is 0 Å². The molecule has 0 amide bonds. The quantitative estimate of drug-likeness (QED) is 0.795. The zero-order valence-corrected chi connectivity index (χ0v) is 15.3. The molecule has 1 aliphatic rings. The summed E-state index contributed by atoms with van der Waals surface area (Å²) in [4.78, 5) is 0. The van der Waals surface area contributed by atoms with E-state index in [1.165, 1.54) is 22.3 Å². The largest absolute Gasteiger partial charge is 0.497 e. The Bertz CT molecular complexity index is 757. The topological polar surface area (TPSA) is 33.3 Å². The SMILES string of the molecule is COc1ccc2c(c1)CCC[C@H]2NC(=S)Nc1cc(C)ccc1C. The Kier molecular flexibility index (Phi) is 5.05. The lowest BCUT2D eigenvalue weighted by Gasteiger charge is -2.28. The normalized spacial score (nSPS) is 16.2. The van der Waals surface area contributed by atoms with Gasteiger partial charge in [-0.05, 0) is 85.8 Å². The van der Waals surface area contributed by atoms with Gasteiger partial charge in [0.2, 0.25) is 0 Å². The summed E-state index contributed by atoms with van der Waals surface area (Å²) < 4.78 is 5.34. The summed E-state index contributed by atoms with van der Waals surface area (Å²) in [5.41, 5.74) is 6.16. The van der Waals surface area contributed by atoms with E-state index in [4.69, 9.17) is 17.0 Å². The van der Waals surface area contributed by atoms with Crippen LogP contribution in [0.1, 0.15) is 41.1 Å². The lowest BCUT2D eigenvalue weighted by atomic mass is 9.87. The van der Waals surface area contributed by atoms with E-state index in [1.54, 1.807) is 7.11 Å². The van der Waals surface area contributed by atoms with Crippen LogP contribution in [0.15, 0.2) is 36.4 Å². The molecule has 0 saturated carbocycles. The summed E-state index contributed by atoms with van der Waals surface area (Å²) in [6.45, 7) is 4.18. The Morgan fingerprint density at radius 3 is 2.79 bits per heavy atom. The Morgan fingerprint density at radius 1 is 1.17 bits per heavy atom. The summed E-state index contributed by atoms with van der Waals surface area (Å²) in [7, 11) is 1.71. The highest BCUT2D eigenvalue weighted by Crippen LogP contribution is 2.32. The van der Waals surface area contributed by atoms with Gasteiger partial charge in [0.15, 0.2) is 5.11 Å². The molecule has 2 N–H and O–H groups in total. The van der Waals surface area contributed by atoms with Crippen molar-refractivity contribution in [3.05, 3.63) is 58.7 Å². The molecule has 0 fully saturated rings. The molecular weight excluding hydrogens is 316 g/mol. The molecule has 4 heteroatoms. The number of thiocarbonyl (C=S) groups is 1. The third-order valence-corrected chi connectivity index (χ3v) is 4.83. The monoisotopic (exact) mass is 340 g/mol. The average molecular weight is 340 g/mol. The van der Waals surface area contributed by atoms with Crippen LogP contribution >= 0.6 is 12.2 Å². The number of ether oxygens (including phenoxy) is 1. The number of hydrogen-bond acceptors (Lipinski definition) is 2. The molecule has 0 saturated heterocycles. The van der Waals surface area contributed by atoms with Crippen molar-refractivity contribution in [2.45, 2.75) is 39.2 Å². The van der Waals surface area contributed by atoms with Crippen LogP contribution in [0.5, 0.6) is 5.75 Å². The van der Waals surface area contributed by atoms with Gasteiger partial charge in [-0.15, -0.1) is 0 Å². The van der Waals surface area contributed by atoms with Gasteiger partial charge in [-0.1, -0.05) is 18.2 Å². The second-order valence-corrected chi connectivity index (χ2v) is 6.83. The molecule has 24 heavy (non-hydrogen) atoms. The van der Waals surface area contributed by atoms with E-state index in [-0.39, 0.29) is 6.04 Å². The zero-order valence-electron chi connectivity index (χ0n) is 14.5. The van der Waals surface area contributed by atoms with Crippen molar-refractivity contribution in [2.75, 3.05) is 12.4 Å². The molecule has 3 nitrogen and oxygen atoms in total. The standard InChI is InChI=1S/C20H24N2OS/c1-13-7-8-14(2)19(11-13)22-20(24)21-18-6-4-5-15-12-16(23-3)9-10-17(15)18/h7-12,18H,4-6H2,1-3H3,(H2,21,22,24)/t18-/m1/s1. The first-order valence-corrected chi connectivity index (χ1v) is 8.79. The van der Waals surface area contributed by atoms with E-state index in [1.807, 2.05) is 6.07 Å². The molecule has 2 aromatic rings. The molecule has 0 bridgehead atoms. The highest BCUT2D eigenvalue weighted by molar-refractivity contribution is 7.80. The maximum Gasteiger partial charge on any atom is 0.171 e. The maximum absolute atomic E-state index is 5.55. The molecule has 126 valence electrons. The van der Waals surface area contributed by atoms with E-state index in [0.717, 1.165) is 30.7 Å². The fourth-order valence-corrected chi connectivity index (χ4v) is 3.51. The third-order valence-electron chi connectivity index (χ3n) is 4.61. The van der Waals surface area contributed by atoms with Gasteiger partial charge in [0.05, 0.1) is 13.2 Å². The van der Waals surface area contributed by atoms with E-state index in [0.29, 0.717) is 5.11 Å². The molecule has 1 aliphatic carbocycles. The molecule has 2 aromatic carbocycles. The molecule has 0 aromatic heterocycles. The zero-order chi connectivity index (χ0) is 17.1. The smallest absolute Gasteiger partial charge is 0.171 e. The summed E-state index contributed by atoms with van der Waals surface area (Å²) in [5.74, 6) is 0.922. The predicted molar refractivity (Wildman–Crippen MR) is 104 cm³/mol. The third kappa shape index (κ3) is 3.70. The summed E-state index contributed by atoms with van der Waals surface area (Å²) in [6.07, 6.45) is 3.35. The molecule has 0 heterocycles. The maximum atomic E-state index is 5.55. The molecule has 0 aliphatic heterocycles. The van der Waals surface area contributed by atoms with Gasteiger partial charge in [-0.2, -0.15) is 0 Å². The number of aryl methyl sites for hydroxylation is 3. The van der Waals surface area contributed by atoms with Crippen LogP contribution in [0.4, 0.5) is 5.69 Å². The summed E-state index contributed by atoms with van der Waals surface area (Å²) in [6, 6.07) is 12.9. The Morgan fingerprint density at radius 2 is 2.00 bits per heavy atom. The Labute approximate surface area is 149 Å². The van der Waals surface area contributed by atoms with Crippen LogP contribution in [0.2, 0.25) is 0 Å². The van der Waals surface area contributed by atoms with Crippen LogP contribution in [-0.2, 0) is 6.42 Å². The molecular formula is C20H24N2OS. The van der Waals surface area contributed by atoms with Crippen molar-refractivity contribution < 1.29 is 4.74 Å². The second kappa shape index (κ2) is 7.22.